The number of hydrogen-bond acceptors (Lipinski definition) is 4. The molecule has 36 heavy (non-hydrogen) atoms. The van der Waals surface area contributed by atoms with Gasteiger partial charge in [-0.2, -0.15) is 0 Å². The van der Waals surface area contributed by atoms with E-state index in [0.29, 0.717) is 34.2 Å². The number of methoxy groups -OCH3 is 2. The largest absolute Gasteiger partial charge is 0.396 e. The minimum atomic E-state index is 0.235. The van der Waals surface area contributed by atoms with Crippen molar-refractivity contribution in [3.8, 4) is 0 Å². The van der Waals surface area contributed by atoms with Gasteiger partial charge in [-0.1, -0.05) is 96.9 Å². The van der Waals surface area contributed by atoms with Crippen LogP contribution in [0.2, 0.25) is 0 Å². The van der Waals surface area contributed by atoms with Gasteiger partial charge in [0.2, 0.25) is 0 Å². The van der Waals surface area contributed by atoms with Gasteiger partial charge in [-0.3, -0.25) is 0 Å². The average Bonchev–Trinajstić information content (AvgIpc) is 3.47. The predicted octanol–water partition coefficient (Wildman–Crippen LogP) is 8.63. The van der Waals surface area contributed by atoms with Crippen LogP contribution in [0.25, 0.3) is 0 Å². The van der Waals surface area contributed by atoms with Gasteiger partial charge in [0.25, 0.3) is 0 Å². The van der Waals surface area contributed by atoms with E-state index in [4.69, 9.17) is 19.7 Å². The van der Waals surface area contributed by atoms with Crippen molar-refractivity contribution in [3.63, 3.8) is 0 Å². The molecule has 2 N–H and O–H groups in total. The normalized spacial score (nSPS) is 16.1. The van der Waals surface area contributed by atoms with Crippen molar-refractivity contribution < 1.29 is 19.7 Å². The second-order valence-corrected chi connectivity index (χ2v) is 15.4. The minimum Gasteiger partial charge on any atom is -0.396 e. The van der Waals surface area contributed by atoms with Gasteiger partial charge in [-0.15, -0.1) is 0 Å². The maximum atomic E-state index is 8.81. The van der Waals surface area contributed by atoms with E-state index in [0.717, 1.165) is 38.4 Å². The topological polar surface area (TPSA) is 58.9 Å². The Hall–Kier alpha value is -0.160. The fraction of sp³-hybridized carbons (Fsp3) is 1.00. The molecule has 1 fully saturated rings. The van der Waals surface area contributed by atoms with Crippen molar-refractivity contribution in [3.05, 3.63) is 0 Å². The van der Waals surface area contributed by atoms with Crippen molar-refractivity contribution in [2.75, 3.05) is 40.6 Å². The average molecular weight is 519 g/mol. The van der Waals surface area contributed by atoms with Gasteiger partial charge in [0.1, 0.15) is 0 Å². The molecule has 0 bridgehead atoms. The van der Waals surface area contributed by atoms with E-state index in [1.165, 1.54) is 12.8 Å². The molecule has 0 aliphatic heterocycles. The Labute approximate surface area is 228 Å². The molecule has 1 aliphatic rings. The zero-order valence-electron chi connectivity index (χ0n) is 27.7. The highest BCUT2D eigenvalue weighted by atomic mass is 16.5. The monoisotopic (exact) mass is 519 g/mol. The number of rotatable bonds is 8. The van der Waals surface area contributed by atoms with Gasteiger partial charge < -0.3 is 19.7 Å². The van der Waals surface area contributed by atoms with E-state index in [1.54, 1.807) is 14.2 Å². The molecule has 0 saturated heterocycles. The number of ether oxygens (including phenoxy) is 2. The molecule has 1 atom stereocenters. The molecule has 0 amide bonds. The fourth-order valence-electron chi connectivity index (χ4n) is 3.27. The zero-order valence-corrected chi connectivity index (χ0v) is 27.7. The van der Waals surface area contributed by atoms with E-state index < -0.39 is 0 Å². The summed E-state index contributed by atoms with van der Waals surface area (Å²) < 4.78 is 9.99. The second kappa shape index (κ2) is 18.2. The van der Waals surface area contributed by atoms with Crippen molar-refractivity contribution in [2.24, 2.45) is 38.9 Å². The van der Waals surface area contributed by atoms with E-state index in [-0.39, 0.29) is 12.0 Å². The van der Waals surface area contributed by atoms with Crippen LogP contribution in [0.15, 0.2) is 0 Å². The third-order valence-corrected chi connectivity index (χ3v) is 7.89. The summed E-state index contributed by atoms with van der Waals surface area (Å²) in [6, 6.07) is 0. The molecule has 1 rings (SSSR count). The van der Waals surface area contributed by atoms with Gasteiger partial charge in [0, 0.05) is 40.6 Å². The molecule has 4 nitrogen and oxygen atoms in total. The van der Waals surface area contributed by atoms with Crippen LogP contribution >= 0.6 is 0 Å². The maximum absolute atomic E-state index is 8.81. The first-order valence-corrected chi connectivity index (χ1v) is 14.2. The van der Waals surface area contributed by atoms with Crippen LogP contribution in [0.5, 0.6) is 0 Å². The van der Waals surface area contributed by atoms with Crippen molar-refractivity contribution in [2.45, 2.75) is 129 Å². The Morgan fingerprint density at radius 3 is 1.31 bits per heavy atom. The van der Waals surface area contributed by atoms with Crippen LogP contribution in [0.1, 0.15) is 129 Å². The highest BCUT2D eigenvalue weighted by Gasteiger charge is 2.50. The maximum Gasteiger partial charge on any atom is 0.0496 e. The molecule has 0 aromatic heterocycles. The number of aliphatic hydroxyl groups is 2. The van der Waals surface area contributed by atoms with Crippen LogP contribution in [0, 0.1) is 38.9 Å². The van der Waals surface area contributed by atoms with Gasteiger partial charge >= 0.3 is 0 Å². The molecule has 0 radical (unpaired) electrons. The lowest BCUT2D eigenvalue weighted by molar-refractivity contribution is 0.0710. The highest BCUT2D eigenvalue weighted by molar-refractivity contribution is 5.01. The minimum absolute atomic E-state index is 0.235. The Morgan fingerprint density at radius 2 is 1.17 bits per heavy atom. The van der Waals surface area contributed by atoms with Crippen LogP contribution < -0.4 is 0 Å². The molecular formula is C32H70O4. The molecule has 1 aliphatic carbocycles. The molecular weight excluding hydrogens is 448 g/mol. The summed E-state index contributed by atoms with van der Waals surface area (Å²) >= 11 is 0. The Kier molecular flexibility index (Phi) is 20.4. The zero-order chi connectivity index (χ0) is 29.4. The van der Waals surface area contributed by atoms with Crippen molar-refractivity contribution in [1.82, 2.24) is 0 Å². The molecule has 4 heteroatoms. The van der Waals surface area contributed by atoms with Crippen LogP contribution in [0.3, 0.4) is 0 Å². The summed E-state index contributed by atoms with van der Waals surface area (Å²) in [5.41, 5.74) is 2.05. The third-order valence-electron chi connectivity index (χ3n) is 7.89. The van der Waals surface area contributed by atoms with E-state index in [1.807, 2.05) is 0 Å². The predicted molar refractivity (Wildman–Crippen MR) is 160 cm³/mol. The standard InChI is InChI=1S/C9H20O2.C9H18O.C7H16O.C7H16/c1-9(2,3)8(5-6-10)7-11-4;1-8(2,3)9(4-5-9)6-7-10;1-7(2,3)5-6-8-4;1-6(2)7(3,4)5/h8,10H,5-7H2,1-4H3;10H,4-7H2,1-3H3;5-6H2,1-4H3;6H,1-5H3. The lowest BCUT2D eigenvalue weighted by Gasteiger charge is -2.30. The molecule has 1 unspecified atom stereocenters. The second-order valence-electron chi connectivity index (χ2n) is 15.4. The summed E-state index contributed by atoms with van der Waals surface area (Å²) in [7, 11) is 3.45. The van der Waals surface area contributed by atoms with Crippen LogP contribution in [-0.4, -0.2) is 50.9 Å². The highest BCUT2D eigenvalue weighted by Crippen LogP contribution is 2.60. The summed E-state index contributed by atoms with van der Waals surface area (Å²) in [6.45, 7) is 33.5. The lowest BCUT2D eigenvalue weighted by Crippen LogP contribution is -2.25. The number of aliphatic hydroxyl groups excluding tert-OH is 2. The van der Waals surface area contributed by atoms with Crippen LogP contribution in [0.4, 0.5) is 0 Å². The first-order valence-electron chi connectivity index (χ1n) is 14.2. The van der Waals surface area contributed by atoms with E-state index >= 15 is 0 Å². The molecule has 0 aromatic rings. The smallest absolute Gasteiger partial charge is 0.0496 e. The quantitative estimate of drug-likeness (QED) is 0.337. The Bertz CT molecular complexity index is 488. The van der Waals surface area contributed by atoms with Gasteiger partial charge in [-0.25, -0.2) is 0 Å². The van der Waals surface area contributed by atoms with Crippen molar-refractivity contribution >= 4 is 0 Å². The first kappa shape index (κ1) is 40.3. The molecule has 0 heterocycles. The summed E-state index contributed by atoms with van der Waals surface area (Å²) in [5.74, 6) is 1.25. The number of hydrogen-bond donors (Lipinski definition) is 2. The first-order chi connectivity index (χ1) is 16.0. The summed E-state index contributed by atoms with van der Waals surface area (Å²) in [6.07, 6.45) is 5.60. The summed E-state index contributed by atoms with van der Waals surface area (Å²) in [5, 5.41) is 17.6. The lowest BCUT2D eigenvalue weighted by atomic mass is 9.76. The van der Waals surface area contributed by atoms with Gasteiger partial charge in [0.05, 0.1) is 0 Å². The van der Waals surface area contributed by atoms with Crippen molar-refractivity contribution in [1.29, 1.82) is 0 Å². The molecule has 1 saturated carbocycles. The molecule has 0 spiro atoms. The van der Waals surface area contributed by atoms with E-state index in [9.17, 15) is 0 Å². The summed E-state index contributed by atoms with van der Waals surface area (Å²) in [4.78, 5) is 0. The Balaban J connectivity index is -0.000000410. The Morgan fingerprint density at radius 1 is 0.722 bits per heavy atom. The molecule has 222 valence electrons. The van der Waals surface area contributed by atoms with Gasteiger partial charge in [0.15, 0.2) is 0 Å². The van der Waals surface area contributed by atoms with Crippen LogP contribution in [-0.2, 0) is 9.47 Å². The SMILES string of the molecule is CC(C)(C)C1(CCO)CC1.CC(C)C(C)(C)C.COCC(CCO)C(C)(C)C.COCCC(C)(C)C. The fourth-order valence-corrected chi connectivity index (χ4v) is 3.27. The van der Waals surface area contributed by atoms with E-state index in [2.05, 4.69) is 96.9 Å². The third kappa shape index (κ3) is 21.9. The van der Waals surface area contributed by atoms with Gasteiger partial charge in [-0.05, 0) is 71.0 Å². The molecule has 0 aromatic carbocycles.